The molecule has 0 aliphatic heterocycles. The number of nitrogens with zero attached hydrogens (tertiary/aromatic N) is 1. The van der Waals surface area contributed by atoms with Gasteiger partial charge in [-0.2, -0.15) is 0 Å². The quantitative estimate of drug-likeness (QED) is 0.599. The summed E-state index contributed by atoms with van der Waals surface area (Å²) in [6, 6.07) is 0. The molecule has 0 atom stereocenters. The van der Waals surface area contributed by atoms with E-state index in [1.807, 2.05) is 0 Å². The van der Waals surface area contributed by atoms with E-state index in [2.05, 4.69) is 13.8 Å². The summed E-state index contributed by atoms with van der Waals surface area (Å²) in [6.07, 6.45) is 9.38. The number of hydrogen-bond donors (Lipinski definition) is 0. The Kier molecular flexibility index (Phi) is 4.07. The van der Waals surface area contributed by atoms with Crippen LogP contribution in [0, 0.1) is 0 Å². The fourth-order valence-electron chi connectivity index (χ4n) is 2.33. The average Bonchev–Trinajstić information content (AvgIpc) is 2.51. The minimum atomic E-state index is 0.421. The second kappa shape index (κ2) is 4.86. The normalized spacial score (nSPS) is 21.5. The van der Waals surface area contributed by atoms with Crippen LogP contribution in [-0.2, 0) is 0 Å². The van der Waals surface area contributed by atoms with Crippen molar-refractivity contribution in [1.82, 2.24) is 5.32 Å². The molecule has 1 fully saturated rings. The van der Waals surface area contributed by atoms with E-state index in [1.165, 1.54) is 44.9 Å². The van der Waals surface area contributed by atoms with Crippen LogP contribution in [0.2, 0.25) is 0 Å². The van der Waals surface area contributed by atoms with Gasteiger partial charge in [-0.05, 0) is 25.7 Å². The highest BCUT2D eigenvalue weighted by molar-refractivity contribution is 4.91. The zero-order valence-electron chi connectivity index (χ0n) is 8.60. The van der Waals surface area contributed by atoms with E-state index in [1.54, 1.807) is 0 Å². The van der Waals surface area contributed by atoms with Crippen molar-refractivity contribution in [3.05, 3.63) is 0 Å². The molecule has 71 valence electrons. The summed E-state index contributed by atoms with van der Waals surface area (Å²) in [4.78, 5) is 0. The molecular formula is C11H22N. The first-order valence-corrected chi connectivity index (χ1v) is 5.51. The maximum Gasteiger partial charge on any atom is 0.0356 e. The first kappa shape index (κ1) is 10.0. The van der Waals surface area contributed by atoms with E-state index < -0.39 is 0 Å². The molecule has 0 spiro atoms. The molecule has 0 N–H and O–H groups in total. The summed E-state index contributed by atoms with van der Waals surface area (Å²) >= 11 is 0. The zero-order chi connectivity index (χ0) is 8.86. The minimum Gasteiger partial charge on any atom is -0.235 e. The molecule has 0 saturated heterocycles. The van der Waals surface area contributed by atoms with Crippen LogP contribution < -0.4 is 5.32 Å². The van der Waals surface area contributed by atoms with Crippen molar-refractivity contribution < 1.29 is 0 Å². The number of hydrogen-bond acceptors (Lipinski definition) is 0. The predicted molar refractivity (Wildman–Crippen MR) is 53.4 cm³/mol. The molecule has 1 rings (SSSR count). The Balaban J connectivity index is 2.35. The Hall–Kier alpha value is -0.0400. The van der Waals surface area contributed by atoms with Crippen LogP contribution in [0.3, 0.4) is 0 Å². The van der Waals surface area contributed by atoms with Crippen molar-refractivity contribution in [1.29, 1.82) is 0 Å². The van der Waals surface area contributed by atoms with Gasteiger partial charge in [-0.25, -0.2) is 5.32 Å². The molecule has 0 bridgehead atoms. The molecule has 0 unspecified atom stereocenters. The van der Waals surface area contributed by atoms with Crippen molar-refractivity contribution in [2.75, 3.05) is 6.54 Å². The first-order valence-electron chi connectivity index (χ1n) is 5.51. The van der Waals surface area contributed by atoms with E-state index in [0.717, 1.165) is 6.54 Å². The van der Waals surface area contributed by atoms with Crippen LogP contribution in [0.15, 0.2) is 0 Å². The molecule has 1 saturated carbocycles. The fourth-order valence-corrected chi connectivity index (χ4v) is 2.33. The highest BCUT2D eigenvalue weighted by atomic mass is 15.0. The van der Waals surface area contributed by atoms with Gasteiger partial charge < -0.3 is 0 Å². The molecule has 0 aromatic heterocycles. The van der Waals surface area contributed by atoms with Crippen molar-refractivity contribution in [2.24, 2.45) is 0 Å². The first-order chi connectivity index (χ1) is 5.83. The maximum atomic E-state index is 4.86. The van der Waals surface area contributed by atoms with Crippen molar-refractivity contribution in [2.45, 2.75) is 64.3 Å². The lowest BCUT2D eigenvalue weighted by atomic mass is 9.92. The van der Waals surface area contributed by atoms with Crippen molar-refractivity contribution in [3.8, 4) is 0 Å². The Bertz CT molecular complexity index is 114. The molecule has 0 aromatic carbocycles. The van der Waals surface area contributed by atoms with Gasteiger partial charge in [0, 0.05) is 12.1 Å². The molecule has 1 aliphatic carbocycles. The van der Waals surface area contributed by atoms with E-state index in [4.69, 9.17) is 5.32 Å². The van der Waals surface area contributed by atoms with Crippen LogP contribution in [0.25, 0.3) is 0 Å². The van der Waals surface area contributed by atoms with Gasteiger partial charge in [-0.1, -0.05) is 33.1 Å². The van der Waals surface area contributed by atoms with Gasteiger partial charge >= 0.3 is 0 Å². The second-order valence-electron chi connectivity index (χ2n) is 4.06. The lowest BCUT2D eigenvalue weighted by molar-refractivity contribution is 0.299. The predicted octanol–water partition coefficient (Wildman–Crippen LogP) is 3.11. The lowest BCUT2D eigenvalue weighted by Crippen LogP contribution is -2.37. The van der Waals surface area contributed by atoms with Crippen LogP contribution in [0.1, 0.15) is 58.8 Å². The number of rotatable bonds is 5. The van der Waals surface area contributed by atoms with Crippen LogP contribution in [-0.4, -0.2) is 12.1 Å². The highest BCUT2D eigenvalue weighted by Crippen LogP contribution is 2.34. The van der Waals surface area contributed by atoms with Gasteiger partial charge in [0.15, 0.2) is 0 Å². The summed E-state index contributed by atoms with van der Waals surface area (Å²) in [5, 5.41) is 4.86. The molecule has 0 heterocycles. The van der Waals surface area contributed by atoms with Gasteiger partial charge in [0.25, 0.3) is 0 Å². The summed E-state index contributed by atoms with van der Waals surface area (Å²) < 4.78 is 0. The molecule has 0 amide bonds. The smallest absolute Gasteiger partial charge is 0.0356 e. The summed E-state index contributed by atoms with van der Waals surface area (Å²) in [5.41, 5.74) is 0.421. The molecule has 1 nitrogen and oxygen atoms in total. The SMILES string of the molecule is CCC[N]C1(CCC)CCCC1. The molecule has 1 aliphatic rings. The Morgan fingerprint density at radius 1 is 1.08 bits per heavy atom. The minimum absolute atomic E-state index is 0.421. The highest BCUT2D eigenvalue weighted by Gasteiger charge is 2.32. The maximum absolute atomic E-state index is 4.86. The average molecular weight is 168 g/mol. The lowest BCUT2D eigenvalue weighted by Gasteiger charge is -2.28. The summed E-state index contributed by atoms with van der Waals surface area (Å²) in [6.45, 7) is 5.58. The van der Waals surface area contributed by atoms with Crippen LogP contribution in [0.5, 0.6) is 0 Å². The van der Waals surface area contributed by atoms with Gasteiger partial charge in [0.2, 0.25) is 0 Å². The van der Waals surface area contributed by atoms with Gasteiger partial charge in [-0.3, -0.25) is 0 Å². The third-order valence-electron chi connectivity index (χ3n) is 2.92. The van der Waals surface area contributed by atoms with Gasteiger partial charge in [-0.15, -0.1) is 0 Å². The third-order valence-corrected chi connectivity index (χ3v) is 2.92. The van der Waals surface area contributed by atoms with E-state index in [0.29, 0.717) is 5.54 Å². The monoisotopic (exact) mass is 168 g/mol. The van der Waals surface area contributed by atoms with E-state index in [-0.39, 0.29) is 0 Å². The molecule has 12 heavy (non-hydrogen) atoms. The van der Waals surface area contributed by atoms with E-state index >= 15 is 0 Å². The summed E-state index contributed by atoms with van der Waals surface area (Å²) in [5.74, 6) is 0. The van der Waals surface area contributed by atoms with E-state index in [9.17, 15) is 0 Å². The molecule has 0 aromatic rings. The third kappa shape index (κ3) is 2.48. The molecular weight excluding hydrogens is 146 g/mol. The Morgan fingerprint density at radius 3 is 2.25 bits per heavy atom. The molecule has 1 heteroatoms. The Labute approximate surface area is 76.9 Å². The molecule has 1 radical (unpaired) electrons. The van der Waals surface area contributed by atoms with Crippen LogP contribution >= 0.6 is 0 Å². The topological polar surface area (TPSA) is 14.1 Å². The Morgan fingerprint density at radius 2 is 1.75 bits per heavy atom. The van der Waals surface area contributed by atoms with Gasteiger partial charge in [0.1, 0.15) is 0 Å². The van der Waals surface area contributed by atoms with Crippen molar-refractivity contribution in [3.63, 3.8) is 0 Å². The standard InChI is InChI=1S/C11H22N/c1-3-7-11(12-10-4-2)8-5-6-9-11/h3-10H2,1-2H3. The summed E-state index contributed by atoms with van der Waals surface area (Å²) in [7, 11) is 0. The fraction of sp³-hybridized carbons (Fsp3) is 1.00. The largest absolute Gasteiger partial charge is 0.235 e. The second-order valence-corrected chi connectivity index (χ2v) is 4.06. The van der Waals surface area contributed by atoms with Gasteiger partial charge in [0.05, 0.1) is 0 Å². The zero-order valence-corrected chi connectivity index (χ0v) is 8.60. The van der Waals surface area contributed by atoms with Crippen LogP contribution in [0.4, 0.5) is 0 Å². The van der Waals surface area contributed by atoms with Crippen molar-refractivity contribution >= 4 is 0 Å².